The van der Waals surface area contributed by atoms with E-state index in [9.17, 15) is 29.4 Å². The summed E-state index contributed by atoms with van der Waals surface area (Å²) < 4.78 is 0. The molecule has 0 aromatic heterocycles. The lowest BCUT2D eigenvalue weighted by Gasteiger charge is -2.22. The Morgan fingerprint density at radius 3 is 1.12 bits per heavy atom. The molecular formula is C32H24N4O6. The number of anilines is 2. The van der Waals surface area contributed by atoms with Crippen LogP contribution in [-0.2, 0) is 19.2 Å². The van der Waals surface area contributed by atoms with Gasteiger partial charge in [-0.25, -0.2) is 9.80 Å². The topological polar surface area (TPSA) is 122 Å². The number of hydrogen-bond donors (Lipinski definition) is 2. The Bertz CT molecular complexity index is 1620. The Hall–Kier alpha value is -5.90. The number of aliphatic hydroxyl groups is 2. The quantitative estimate of drug-likeness (QED) is 0.532. The fourth-order valence-electron chi connectivity index (χ4n) is 4.88. The van der Waals surface area contributed by atoms with Gasteiger partial charge in [0.2, 0.25) is 11.8 Å². The molecule has 0 unspecified atom stereocenters. The van der Waals surface area contributed by atoms with Crippen molar-refractivity contribution in [2.45, 2.75) is 13.8 Å². The number of amides is 2. The molecule has 0 spiro atoms. The lowest BCUT2D eigenvalue weighted by atomic mass is 10.0. The van der Waals surface area contributed by atoms with E-state index in [0.717, 1.165) is 32.1 Å². The normalized spacial score (nSPS) is 18.7. The number of Topliss-reactive ketones (excluding diaryl/α,β-unsaturated/α-hetero) is 2. The highest BCUT2D eigenvalue weighted by Crippen LogP contribution is 2.33. The molecule has 208 valence electrons. The molecule has 2 aromatic rings. The van der Waals surface area contributed by atoms with Gasteiger partial charge >= 0.3 is 11.8 Å². The highest BCUT2D eigenvalue weighted by molar-refractivity contribution is 6.51. The van der Waals surface area contributed by atoms with E-state index in [4.69, 9.17) is 0 Å². The number of ketones is 2. The highest BCUT2D eigenvalue weighted by atomic mass is 16.3. The zero-order chi connectivity index (χ0) is 29.7. The molecule has 0 atom stereocenters. The summed E-state index contributed by atoms with van der Waals surface area (Å²) in [5.41, 5.74) is 3.85. The second-order valence-corrected chi connectivity index (χ2v) is 9.94. The lowest BCUT2D eigenvalue weighted by Crippen LogP contribution is -2.29. The van der Waals surface area contributed by atoms with Gasteiger partial charge in [-0.2, -0.15) is 0 Å². The first-order valence-corrected chi connectivity index (χ1v) is 13.0. The van der Waals surface area contributed by atoms with Crippen molar-refractivity contribution >= 4 is 34.8 Å². The second kappa shape index (κ2) is 9.93. The van der Waals surface area contributed by atoms with Crippen LogP contribution in [0.15, 0.2) is 132 Å². The Kier molecular flexibility index (Phi) is 6.23. The molecule has 4 aliphatic rings. The summed E-state index contributed by atoms with van der Waals surface area (Å²) in [7, 11) is 0. The summed E-state index contributed by atoms with van der Waals surface area (Å²) in [4.78, 5) is 55.6. The minimum Gasteiger partial charge on any atom is -0.493 e. The standard InChI is InChI=1S/C32H24N4O6/c1-19-3-7-23(8-4-19)35-29(39)25(27(37)31(35)41)33-15-11-21(12-16-33)22-13-17-34(18-14-22)26-28(38)32(42)36(30(26)40)24-9-5-20(2)6-10-24/h3-18,39-40H,1-2H3. The van der Waals surface area contributed by atoms with Crippen molar-refractivity contribution in [1.29, 1.82) is 0 Å². The second-order valence-electron chi connectivity index (χ2n) is 9.94. The number of allylic oxidation sites excluding steroid dienone is 6. The Balaban J connectivity index is 1.22. The SMILES string of the molecule is Cc1ccc(N2C(=O)C(=O)C(N3C=CC(=C4C=CN(C5=C(O)N(c6ccc(C)cc6)C(=O)C5=O)C=C4)C=C3)=C2O)cc1. The van der Waals surface area contributed by atoms with Gasteiger partial charge in [0, 0.05) is 24.8 Å². The van der Waals surface area contributed by atoms with Crippen molar-refractivity contribution in [2.75, 3.05) is 9.80 Å². The Morgan fingerprint density at radius 2 is 0.810 bits per heavy atom. The molecule has 6 rings (SSSR count). The van der Waals surface area contributed by atoms with Gasteiger partial charge < -0.3 is 20.0 Å². The summed E-state index contributed by atoms with van der Waals surface area (Å²) in [5, 5.41) is 21.6. The van der Waals surface area contributed by atoms with E-state index < -0.39 is 35.1 Å². The Labute approximate surface area is 240 Å². The van der Waals surface area contributed by atoms with Crippen molar-refractivity contribution in [3.8, 4) is 0 Å². The Morgan fingerprint density at radius 1 is 0.500 bits per heavy atom. The third kappa shape index (κ3) is 4.22. The van der Waals surface area contributed by atoms with Crippen LogP contribution in [0.2, 0.25) is 0 Å². The first kappa shape index (κ1) is 26.3. The van der Waals surface area contributed by atoms with Gasteiger partial charge in [-0.05, 0) is 73.6 Å². The molecule has 2 amide bonds. The third-order valence-corrected chi connectivity index (χ3v) is 7.16. The molecule has 4 heterocycles. The van der Waals surface area contributed by atoms with Gasteiger partial charge in [-0.15, -0.1) is 0 Å². The van der Waals surface area contributed by atoms with Crippen molar-refractivity contribution in [3.05, 3.63) is 143 Å². The van der Waals surface area contributed by atoms with Crippen LogP contribution in [-0.4, -0.2) is 43.4 Å². The van der Waals surface area contributed by atoms with E-state index >= 15 is 0 Å². The van der Waals surface area contributed by atoms with E-state index in [1.165, 1.54) is 9.80 Å². The van der Waals surface area contributed by atoms with Crippen LogP contribution >= 0.6 is 0 Å². The van der Waals surface area contributed by atoms with Crippen LogP contribution in [0.25, 0.3) is 0 Å². The van der Waals surface area contributed by atoms with E-state index in [1.54, 1.807) is 97.6 Å². The molecule has 0 saturated carbocycles. The van der Waals surface area contributed by atoms with Crippen LogP contribution in [0.1, 0.15) is 11.1 Å². The number of benzene rings is 2. The monoisotopic (exact) mass is 560 g/mol. The van der Waals surface area contributed by atoms with Gasteiger partial charge in [0.05, 0.1) is 11.4 Å². The van der Waals surface area contributed by atoms with Crippen molar-refractivity contribution in [2.24, 2.45) is 0 Å². The minimum atomic E-state index is -0.853. The zero-order valence-electron chi connectivity index (χ0n) is 22.6. The molecule has 10 nitrogen and oxygen atoms in total. The third-order valence-electron chi connectivity index (χ3n) is 7.16. The predicted octanol–water partition coefficient (Wildman–Crippen LogP) is 4.27. The van der Waals surface area contributed by atoms with Crippen molar-refractivity contribution in [1.82, 2.24) is 9.80 Å². The van der Waals surface area contributed by atoms with Crippen molar-refractivity contribution < 1.29 is 29.4 Å². The number of carbonyl (C=O) groups excluding carboxylic acids is 4. The first-order chi connectivity index (χ1) is 20.2. The van der Waals surface area contributed by atoms with Crippen LogP contribution in [0.3, 0.4) is 0 Å². The number of nitrogens with zero attached hydrogens (tertiary/aromatic N) is 4. The molecule has 0 bridgehead atoms. The van der Waals surface area contributed by atoms with Crippen LogP contribution in [0.4, 0.5) is 11.4 Å². The molecule has 0 aliphatic carbocycles. The molecule has 10 heteroatoms. The summed E-state index contributed by atoms with van der Waals surface area (Å²) in [6.45, 7) is 3.78. The molecule has 4 aliphatic heterocycles. The van der Waals surface area contributed by atoms with E-state index in [-0.39, 0.29) is 11.4 Å². The molecule has 0 saturated heterocycles. The molecule has 2 N–H and O–H groups in total. The average Bonchev–Trinajstić information content (AvgIpc) is 3.35. The zero-order valence-corrected chi connectivity index (χ0v) is 22.6. The molecular weight excluding hydrogens is 536 g/mol. The van der Waals surface area contributed by atoms with Crippen LogP contribution in [0, 0.1) is 13.8 Å². The fraction of sp³-hybridized carbons (Fsp3) is 0.0625. The van der Waals surface area contributed by atoms with E-state index in [1.807, 2.05) is 13.8 Å². The lowest BCUT2D eigenvalue weighted by molar-refractivity contribution is -0.133. The summed E-state index contributed by atoms with van der Waals surface area (Å²) in [6, 6.07) is 13.7. The maximum Gasteiger partial charge on any atom is 0.308 e. The predicted molar refractivity (Wildman–Crippen MR) is 154 cm³/mol. The largest absolute Gasteiger partial charge is 0.493 e. The van der Waals surface area contributed by atoms with Gasteiger partial charge in [-0.1, -0.05) is 35.4 Å². The molecule has 2 aromatic carbocycles. The maximum atomic E-state index is 12.8. The van der Waals surface area contributed by atoms with Gasteiger partial charge in [-0.3, -0.25) is 19.2 Å². The fourth-order valence-corrected chi connectivity index (χ4v) is 4.88. The van der Waals surface area contributed by atoms with Crippen LogP contribution in [0.5, 0.6) is 0 Å². The number of rotatable bonds is 4. The number of aryl methyl sites for hydroxylation is 2. The van der Waals surface area contributed by atoms with Gasteiger partial charge in [0.15, 0.2) is 11.4 Å². The van der Waals surface area contributed by atoms with Gasteiger partial charge in [0.25, 0.3) is 11.6 Å². The number of carbonyl (C=O) groups is 4. The summed E-state index contributed by atoms with van der Waals surface area (Å²) in [5.74, 6) is -4.31. The van der Waals surface area contributed by atoms with E-state index in [2.05, 4.69) is 0 Å². The first-order valence-electron chi connectivity index (χ1n) is 13.0. The number of hydrogen-bond acceptors (Lipinski definition) is 8. The average molecular weight is 561 g/mol. The van der Waals surface area contributed by atoms with Gasteiger partial charge in [0.1, 0.15) is 0 Å². The number of aliphatic hydroxyl groups excluding tert-OH is 2. The molecule has 42 heavy (non-hydrogen) atoms. The minimum absolute atomic E-state index is 0.164. The highest BCUT2D eigenvalue weighted by Gasteiger charge is 2.43. The summed E-state index contributed by atoms with van der Waals surface area (Å²) in [6.07, 6.45) is 13.0. The van der Waals surface area contributed by atoms with E-state index in [0.29, 0.717) is 11.4 Å². The smallest absolute Gasteiger partial charge is 0.308 e. The van der Waals surface area contributed by atoms with Crippen LogP contribution < -0.4 is 9.80 Å². The molecule has 0 fully saturated rings. The summed E-state index contributed by atoms with van der Waals surface area (Å²) >= 11 is 0. The molecule has 0 radical (unpaired) electrons. The van der Waals surface area contributed by atoms with Crippen molar-refractivity contribution in [3.63, 3.8) is 0 Å². The maximum absolute atomic E-state index is 12.8.